The van der Waals surface area contributed by atoms with E-state index in [9.17, 15) is 5.11 Å². The van der Waals surface area contributed by atoms with Gasteiger partial charge >= 0.3 is 0 Å². The second-order valence-electron chi connectivity index (χ2n) is 14.9. The Bertz CT molecular complexity index is 801. The maximum Gasteiger partial charge on any atom is 0.0594 e. The quantitative estimate of drug-likeness (QED) is 0.442. The van der Waals surface area contributed by atoms with Gasteiger partial charge < -0.3 is 9.84 Å². The molecule has 0 radical (unpaired) electrons. The van der Waals surface area contributed by atoms with Crippen molar-refractivity contribution in [3.8, 4) is 0 Å². The van der Waals surface area contributed by atoms with Gasteiger partial charge in [-0.25, -0.2) is 0 Å². The summed E-state index contributed by atoms with van der Waals surface area (Å²) in [7, 11) is 1.92. The Hall–Kier alpha value is -0.340. The van der Waals surface area contributed by atoms with Crippen molar-refractivity contribution in [2.45, 2.75) is 112 Å². The van der Waals surface area contributed by atoms with E-state index < -0.39 is 0 Å². The van der Waals surface area contributed by atoms with E-state index in [-0.39, 0.29) is 11.5 Å². The first kappa shape index (κ1) is 24.4. The van der Waals surface area contributed by atoms with Crippen molar-refractivity contribution in [2.24, 2.45) is 56.7 Å². The summed E-state index contributed by atoms with van der Waals surface area (Å²) in [5.74, 6) is 3.67. The summed E-state index contributed by atoms with van der Waals surface area (Å²) in [5, 5.41) is 10.9. The molecule has 5 fully saturated rings. The van der Waals surface area contributed by atoms with Crippen LogP contribution in [0.4, 0.5) is 0 Å². The van der Waals surface area contributed by atoms with E-state index in [2.05, 4.69) is 48.1 Å². The van der Waals surface area contributed by atoms with Crippen molar-refractivity contribution in [1.82, 2.24) is 0 Å². The zero-order chi connectivity index (χ0) is 24.0. The Morgan fingerprint density at radius 3 is 2.24 bits per heavy atom. The molecule has 188 valence electrons. The molecule has 5 aliphatic carbocycles. The predicted octanol–water partition coefficient (Wildman–Crippen LogP) is 7.65. The smallest absolute Gasteiger partial charge is 0.0594 e. The maximum atomic E-state index is 10.9. The molecule has 0 aliphatic heterocycles. The van der Waals surface area contributed by atoms with Gasteiger partial charge in [0.1, 0.15) is 0 Å². The zero-order valence-corrected chi connectivity index (χ0v) is 22.8. The van der Waals surface area contributed by atoms with Crippen LogP contribution in [0.25, 0.3) is 0 Å². The highest BCUT2D eigenvalue weighted by Gasteiger charge is 2.70. The number of rotatable bonds is 3. The van der Waals surface area contributed by atoms with E-state index >= 15 is 0 Å². The van der Waals surface area contributed by atoms with Crippen LogP contribution in [0, 0.1) is 56.7 Å². The third-order valence-electron chi connectivity index (χ3n) is 13.7. The van der Waals surface area contributed by atoms with Crippen LogP contribution in [0.5, 0.6) is 0 Å². The summed E-state index contributed by atoms with van der Waals surface area (Å²) in [4.78, 5) is 0. The van der Waals surface area contributed by atoms with Crippen LogP contribution in [-0.2, 0) is 4.74 Å². The van der Waals surface area contributed by atoms with Gasteiger partial charge in [0.15, 0.2) is 0 Å². The molecule has 10 atom stereocenters. The number of aliphatic hydroxyl groups excluding tert-OH is 1. The molecule has 5 rings (SSSR count). The summed E-state index contributed by atoms with van der Waals surface area (Å²) in [6.45, 7) is 20.6. The number of methoxy groups -OCH3 is 1. The van der Waals surface area contributed by atoms with E-state index in [1.807, 2.05) is 7.11 Å². The number of hydrogen-bond acceptors (Lipinski definition) is 2. The Morgan fingerprint density at radius 1 is 0.848 bits per heavy atom. The molecule has 0 aromatic heterocycles. The van der Waals surface area contributed by atoms with Gasteiger partial charge in [0, 0.05) is 7.11 Å². The van der Waals surface area contributed by atoms with E-state index in [4.69, 9.17) is 4.74 Å². The van der Waals surface area contributed by atoms with Crippen molar-refractivity contribution in [3.63, 3.8) is 0 Å². The molecule has 0 heterocycles. The second-order valence-corrected chi connectivity index (χ2v) is 14.9. The molecule has 0 aromatic rings. The van der Waals surface area contributed by atoms with Crippen molar-refractivity contribution in [1.29, 1.82) is 0 Å². The molecular weight excluding hydrogens is 404 g/mol. The lowest BCUT2D eigenvalue weighted by molar-refractivity contribution is -0.249. The third kappa shape index (κ3) is 2.98. The van der Waals surface area contributed by atoms with Gasteiger partial charge in [-0.15, -0.1) is 0 Å². The molecule has 8 unspecified atom stereocenters. The van der Waals surface area contributed by atoms with Crippen LogP contribution in [-0.4, -0.2) is 24.9 Å². The summed E-state index contributed by atoms with van der Waals surface area (Å²) in [6, 6.07) is 0. The van der Waals surface area contributed by atoms with Gasteiger partial charge in [0.25, 0.3) is 0 Å². The van der Waals surface area contributed by atoms with Crippen LogP contribution < -0.4 is 0 Å². The second kappa shape index (κ2) is 7.58. The average molecular weight is 457 g/mol. The Labute approximate surface area is 204 Å². The molecular formula is C31H52O2. The average Bonchev–Trinajstić information content (AvgIpc) is 3.12. The van der Waals surface area contributed by atoms with E-state index in [0.717, 1.165) is 30.8 Å². The molecule has 5 aliphatic rings. The van der Waals surface area contributed by atoms with Crippen molar-refractivity contribution < 1.29 is 9.84 Å². The normalized spacial score (nSPS) is 55.2. The lowest BCUT2D eigenvalue weighted by Crippen LogP contribution is -2.66. The van der Waals surface area contributed by atoms with Crippen molar-refractivity contribution in [3.05, 3.63) is 12.2 Å². The molecule has 0 spiro atoms. The fourth-order valence-electron chi connectivity index (χ4n) is 11.8. The minimum absolute atomic E-state index is 0.0444. The molecule has 0 amide bonds. The molecule has 0 bridgehead atoms. The molecule has 33 heavy (non-hydrogen) atoms. The van der Waals surface area contributed by atoms with Crippen LogP contribution >= 0.6 is 0 Å². The molecule has 2 nitrogen and oxygen atoms in total. The highest BCUT2D eigenvalue weighted by atomic mass is 16.5. The lowest BCUT2D eigenvalue weighted by Gasteiger charge is -2.73. The molecule has 1 N–H and O–H groups in total. The van der Waals surface area contributed by atoms with Gasteiger partial charge in [-0.3, -0.25) is 0 Å². The molecule has 0 aromatic carbocycles. The number of ether oxygens (including phenoxy) is 1. The molecule has 0 saturated heterocycles. The lowest BCUT2D eigenvalue weighted by atomic mass is 9.32. The summed E-state index contributed by atoms with van der Waals surface area (Å²) in [5.41, 5.74) is 3.03. The largest absolute Gasteiger partial charge is 0.393 e. The fourth-order valence-corrected chi connectivity index (χ4v) is 11.8. The number of fused-ring (bicyclic) bond motifs is 7. The van der Waals surface area contributed by atoms with Gasteiger partial charge in [0.05, 0.1) is 12.7 Å². The standard InChI is InChI=1S/C31H52O2/c1-20(2)21-11-16-31(19-33-8)18-17-29(6)22(26(21)31)9-10-24-28(5)14-13-25(32)27(3,4)23(28)12-15-30(24,29)7/h21-26,32H,1,9-19H2,2-8H3/t21-,22?,23?,24?,25?,26?,28?,29+,30?,31?/m0/s1. The number of allylic oxidation sites excluding steroid dienone is 1. The van der Waals surface area contributed by atoms with Gasteiger partial charge in [-0.05, 0) is 128 Å². The first-order chi connectivity index (χ1) is 15.4. The number of hydrogen-bond donors (Lipinski definition) is 1. The minimum Gasteiger partial charge on any atom is -0.393 e. The Kier molecular flexibility index (Phi) is 5.60. The van der Waals surface area contributed by atoms with Crippen molar-refractivity contribution in [2.75, 3.05) is 13.7 Å². The molecule has 5 saturated carbocycles. The van der Waals surface area contributed by atoms with E-state index in [1.54, 1.807) is 0 Å². The highest BCUT2D eigenvalue weighted by Crippen LogP contribution is 2.77. The Balaban J connectivity index is 1.54. The van der Waals surface area contributed by atoms with Crippen LogP contribution in [0.15, 0.2) is 12.2 Å². The molecule has 2 heteroatoms. The van der Waals surface area contributed by atoms with Crippen LogP contribution in [0.3, 0.4) is 0 Å². The van der Waals surface area contributed by atoms with Gasteiger partial charge in [0.2, 0.25) is 0 Å². The first-order valence-electron chi connectivity index (χ1n) is 14.2. The third-order valence-corrected chi connectivity index (χ3v) is 13.7. The predicted molar refractivity (Wildman–Crippen MR) is 137 cm³/mol. The van der Waals surface area contributed by atoms with Gasteiger partial charge in [-0.2, -0.15) is 0 Å². The first-order valence-corrected chi connectivity index (χ1v) is 14.2. The van der Waals surface area contributed by atoms with Crippen molar-refractivity contribution >= 4 is 0 Å². The summed E-state index contributed by atoms with van der Waals surface area (Å²) < 4.78 is 5.92. The Morgan fingerprint density at radius 2 is 1.58 bits per heavy atom. The fraction of sp³-hybridized carbons (Fsp3) is 0.935. The minimum atomic E-state index is -0.133. The monoisotopic (exact) mass is 456 g/mol. The SMILES string of the molecule is C=C(C)[C@@H]1CCC2(COC)CC[C@]3(C)C(CCC4C5(C)CCC(O)C(C)(C)C5CCC43C)C12. The van der Waals surface area contributed by atoms with Crippen LogP contribution in [0.1, 0.15) is 106 Å². The zero-order valence-electron chi connectivity index (χ0n) is 22.8. The van der Waals surface area contributed by atoms with Gasteiger partial charge in [-0.1, -0.05) is 46.8 Å². The number of aliphatic hydroxyl groups is 1. The maximum absolute atomic E-state index is 10.9. The van der Waals surface area contributed by atoms with E-state index in [1.165, 1.54) is 63.4 Å². The topological polar surface area (TPSA) is 29.5 Å². The summed E-state index contributed by atoms with van der Waals surface area (Å²) in [6.07, 6.45) is 12.9. The van der Waals surface area contributed by atoms with E-state index in [0.29, 0.717) is 33.5 Å². The highest BCUT2D eigenvalue weighted by molar-refractivity contribution is 5.21. The van der Waals surface area contributed by atoms with Crippen LogP contribution in [0.2, 0.25) is 0 Å². The summed E-state index contributed by atoms with van der Waals surface area (Å²) >= 11 is 0.